The Labute approximate surface area is 161 Å². The largest absolute Gasteiger partial charge is 0.350 e. The minimum atomic E-state index is -0.00777. The van der Waals surface area contributed by atoms with E-state index in [2.05, 4.69) is 31.9 Å². The van der Waals surface area contributed by atoms with Gasteiger partial charge in [0.25, 0.3) is 5.91 Å². The van der Waals surface area contributed by atoms with Gasteiger partial charge in [0, 0.05) is 79.1 Å². The molecule has 0 unspecified atom stereocenters. The van der Waals surface area contributed by atoms with E-state index in [4.69, 9.17) is 0 Å². The van der Waals surface area contributed by atoms with Gasteiger partial charge in [0.15, 0.2) is 0 Å². The molecule has 0 aliphatic rings. The molecule has 7 heteroatoms. The molecule has 5 aromatic rings. The minimum absolute atomic E-state index is 0.00777. The van der Waals surface area contributed by atoms with Gasteiger partial charge in [-0.25, -0.2) is 4.98 Å². The van der Waals surface area contributed by atoms with Crippen LogP contribution >= 0.6 is 0 Å². The van der Waals surface area contributed by atoms with Gasteiger partial charge in [-0.1, -0.05) is 0 Å². The topological polar surface area (TPSA) is 71.7 Å². The normalized spacial score (nSPS) is 11.7. The maximum absolute atomic E-state index is 12.4. The molecule has 0 aliphatic heterocycles. The molecule has 0 radical (unpaired) electrons. The lowest BCUT2D eigenvalue weighted by molar-refractivity contribution is 0.0828. The van der Waals surface area contributed by atoms with E-state index in [9.17, 15) is 4.79 Å². The van der Waals surface area contributed by atoms with Crippen LogP contribution in [0.2, 0.25) is 0 Å². The maximum Gasteiger partial charge on any atom is 0.253 e. The van der Waals surface area contributed by atoms with Gasteiger partial charge < -0.3 is 14.5 Å². The molecule has 1 aromatic carbocycles. The van der Waals surface area contributed by atoms with Crippen LogP contribution in [0.1, 0.15) is 10.4 Å². The second-order valence-corrected chi connectivity index (χ2v) is 7.36. The van der Waals surface area contributed by atoms with Crippen LogP contribution in [0.4, 0.5) is 0 Å². The average molecular weight is 372 g/mol. The van der Waals surface area contributed by atoms with Gasteiger partial charge in [0.1, 0.15) is 5.65 Å². The van der Waals surface area contributed by atoms with Crippen LogP contribution in [0.5, 0.6) is 0 Å². The molecule has 0 saturated heterocycles. The number of nitrogens with zero attached hydrogens (tertiary/aromatic N) is 5. The summed E-state index contributed by atoms with van der Waals surface area (Å²) < 4.78 is 3.95. The van der Waals surface area contributed by atoms with Gasteiger partial charge in [0.05, 0.1) is 11.7 Å². The predicted octanol–water partition coefficient (Wildman–Crippen LogP) is 3.31. The number of rotatable bonds is 2. The fourth-order valence-electron chi connectivity index (χ4n) is 3.88. The van der Waals surface area contributed by atoms with Crippen molar-refractivity contribution in [3.63, 3.8) is 0 Å². The first-order valence-electron chi connectivity index (χ1n) is 9.04. The van der Waals surface area contributed by atoms with Crippen molar-refractivity contribution in [3.05, 3.63) is 48.4 Å². The highest BCUT2D eigenvalue weighted by molar-refractivity contribution is 6.07. The highest BCUT2D eigenvalue weighted by atomic mass is 16.2. The number of aryl methyl sites for hydroxylation is 2. The van der Waals surface area contributed by atoms with Gasteiger partial charge in [-0.05, 0) is 24.3 Å². The van der Waals surface area contributed by atoms with Crippen LogP contribution in [0.25, 0.3) is 44.1 Å². The number of aromatic amines is 1. The zero-order valence-electron chi connectivity index (χ0n) is 16.2. The zero-order valence-corrected chi connectivity index (χ0v) is 16.2. The van der Waals surface area contributed by atoms with Crippen molar-refractivity contribution in [3.8, 4) is 11.3 Å². The average Bonchev–Trinajstić information content (AvgIpc) is 3.36. The Morgan fingerprint density at radius 1 is 1.11 bits per heavy atom. The summed E-state index contributed by atoms with van der Waals surface area (Å²) in [7, 11) is 7.48. The molecule has 4 aromatic heterocycles. The SMILES string of the molecule is CN(C)C(=O)c1ccc2c(c1)c(-c1cc3c(ncc4cnn(C)c43)[nH]1)cn2C. The second kappa shape index (κ2) is 5.69. The van der Waals surface area contributed by atoms with E-state index < -0.39 is 0 Å². The van der Waals surface area contributed by atoms with Crippen molar-refractivity contribution in [1.29, 1.82) is 0 Å². The van der Waals surface area contributed by atoms with E-state index in [0.717, 1.165) is 44.1 Å². The quantitative estimate of drug-likeness (QED) is 0.517. The summed E-state index contributed by atoms with van der Waals surface area (Å²) in [5, 5.41) is 7.42. The number of H-pyrrole nitrogens is 1. The van der Waals surface area contributed by atoms with Gasteiger partial charge in [-0.3, -0.25) is 9.48 Å². The first-order valence-corrected chi connectivity index (χ1v) is 9.04. The van der Waals surface area contributed by atoms with E-state index in [1.165, 1.54) is 0 Å². The number of aromatic nitrogens is 5. The summed E-state index contributed by atoms with van der Waals surface area (Å²) in [5.41, 5.74) is 5.63. The Morgan fingerprint density at radius 3 is 2.71 bits per heavy atom. The number of amides is 1. The molecule has 0 saturated carbocycles. The number of benzene rings is 1. The second-order valence-electron chi connectivity index (χ2n) is 7.36. The third-order valence-corrected chi connectivity index (χ3v) is 5.28. The smallest absolute Gasteiger partial charge is 0.253 e. The van der Waals surface area contributed by atoms with Gasteiger partial charge in [0.2, 0.25) is 0 Å². The van der Waals surface area contributed by atoms with Crippen molar-refractivity contribution in [2.24, 2.45) is 14.1 Å². The van der Waals surface area contributed by atoms with Crippen molar-refractivity contribution in [2.75, 3.05) is 14.1 Å². The Balaban J connectivity index is 1.76. The van der Waals surface area contributed by atoms with E-state index in [1.807, 2.05) is 49.4 Å². The highest BCUT2D eigenvalue weighted by Crippen LogP contribution is 2.34. The number of hydrogen-bond donors (Lipinski definition) is 1. The minimum Gasteiger partial charge on any atom is -0.350 e. The molecule has 0 fully saturated rings. The summed E-state index contributed by atoms with van der Waals surface area (Å²) >= 11 is 0. The lowest BCUT2D eigenvalue weighted by Crippen LogP contribution is -2.21. The first-order chi connectivity index (χ1) is 13.4. The first kappa shape index (κ1) is 16.6. The molecule has 140 valence electrons. The summed E-state index contributed by atoms with van der Waals surface area (Å²) in [5.74, 6) is -0.00777. The third-order valence-electron chi connectivity index (χ3n) is 5.28. The number of carbonyl (C=O) groups excluding carboxylic acids is 1. The fraction of sp³-hybridized carbons (Fsp3) is 0.190. The van der Waals surface area contributed by atoms with Crippen molar-refractivity contribution in [2.45, 2.75) is 0 Å². The Morgan fingerprint density at radius 2 is 1.93 bits per heavy atom. The number of nitrogens with one attached hydrogen (secondary N) is 1. The fourth-order valence-corrected chi connectivity index (χ4v) is 3.88. The van der Waals surface area contributed by atoms with Crippen LogP contribution in [0.15, 0.2) is 42.9 Å². The van der Waals surface area contributed by atoms with Gasteiger partial charge in [-0.15, -0.1) is 0 Å². The predicted molar refractivity (Wildman–Crippen MR) is 110 cm³/mol. The lowest BCUT2D eigenvalue weighted by atomic mass is 10.1. The summed E-state index contributed by atoms with van der Waals surface area (Å²) in [6.45, 7) is 0. The van der Waals surface area contributed by atoms with Crippen molar-refractivity contribution in [1.82, 2.24) is 29.2 Å². The standard InChI is InChI=1S/C21H20N6O/c1-25(2)21(28)12-5-6-18-14(7-12)16(11-26(18)3)17-8-15-19-13(10-23-27(19)4)9-22-20(15)24-17/h5-11H,1-4H3,(H,22,24). The van der Waals surface area contributed by atoms with Gasteiger partial charge in [-0.2, -0.15) is 5.10 Å². The Kier molecular flexibility index (Phi) is 3.37. The molecule has 4 heterocycles. The zero-order chi connectivity index (χ0) is 19.6. The molecule has 0 aliphatic carbocycles. The van der Waals surface area contributed by atoms with Crippen molar-refractivity contribution < 1.29 is 4.79 Å². The molecule has 28 heavy (non-hydrogen) atoms. The van der Waals surface area contributed by atoms with Crippen LogP contribution in [-0.2, 0) is 14.1 Å². The number of fused-ring (bicyclic) bond motifs is 4. The maximum atomic E-state index is 12.4. The lowest BCUT2D eigenvalue weighted by Gasteiger charge is -2.10. The van der Waals surface area contributed by atoms with E-state index in [-0.39, 0.29) is 5.91 Å². The Hall–Kier alpha value is -3.61. The molecular weight excluding hydrogens is 352 g/mol. The number of carbonyl (C=O) groups is 1. The number of pyridine rings is 1. The highest BCUT2D eigenvalue weighted by Gasteiger charge is 2.16. The summed E-state index contributed by atoms with van der Waals surface area (Å²) in [6, 6.07) is 7.95. The Bertz CT molecular complexity index is 1380. The molecule has 0 spiro atoms. The molecule has 5 rings (SSSR count). The van der Waals surface area contributed by atoms with E-state index >= 15 is 0 Å². The summed E-state index contributed by atoms with van der Waals surface area (Å²) in [6.07, 6.45) is 5.74. The molecule has 7 nitrogen and oxygen atoms in total. The van der Waals surface area contributed by atoms with E-state index in [0.29, 0.717) is 5.56 Å². The van der Waals surface area contributed by atoms with Crippen LogP contribution in [0, 0.1) is 0 Å². The number of hydrogen-bond acceptors (Lipinski definition) is 3. The molecular formula is C21H20N6O. The van der Waals surface area contributed by atoms with Crippen LogP contribution in [0.3, 0.4) is 0 Å². The summed E-state index contributed by atoms with van der Waals surface area (Å²) in [4.78, 5) is 22.0. The van der Waals surface area contributed by atoms with E-state index in [1.54, 1.807) is 19.0 Å². The van der Waals surface area contributed by atoms with Crippen molar-refractivity contribution >= 4 is 38.7 Å². The molecule has 1 amide bonds. The third kappa shape index (κ3) is 2.26. The molecule has 0 atom stereocenters. The van der Waals surface area contributed by atoms with Crippen LogP contribution < -0.4 is 0 Å². The molecule has 1 N–H and O–H groups in total. The van der Waals surface area contributed by atoms with Crippen LogP contribution in [-0.4, -0.2) is 49.2 Å². The monoisotopic (exact) mass is 372 g/mol. The molecule has 0 bridgehead atoms. The van der Waals surface area contributed by atoms with Gasteiger partial charge >= 0.3 is 0 Å².